The molecule has 8 nitrogen and oxygen atoms in total. The number of aliphatic hydroxyl groups excluding tert-OH is 1. The predicted molar refractivity (Wildman–Crippen MR) is 128 cm³/mol. The quantitative estimate of drug-likeness (QED) is 0.495. The molecule has 0 amide bonds. The highest BCUT2D eigenvalue weighted by Gasteiger charge is 2.59. The fourth-order valence-electron chi connectivity index (χ4n) is 5.11. The van der Waals surface area contributed by atoms with Crippen molar-refractivity contribution in [3.8, 4) is 0 Å². The Morgan fingerprint density at radius 3 is 2.69 bits per heavy atom. The van der Waals surface area contributed by atoms with E-state index in [1.165, 1.54) is 6.20 Å². The molecule has 2 unspecified atom stereocenters. The van der Waals surface area contributed by atoms with Gasteiger partial charge in [-0.1, -0.05) is 23.2 Å². The molecular formula is C23H23Cl2F3N6O2. The van der Waals surface area contributed by atoms with Gasteiger partial charge in [0.15, 0.2) is 5.15 Å². The summed E-state index contributed by atoms with van der Waals surface area (Å²) in [6.45, 7) is 1.47. The van der Waals surface area contributed by atoms with E-state index >= 15 is 4.39 Å². The largest absolute Gasteiger partial charge is 0.389 e. The minimum absolute atomic E-state index is 0.0440. The van der Waals surface area contributed by atoms with Crippen LogP contribution >= 0.6 is 23.2 Å². The summed E-state index contributed by atoms with van der Waals surface area (Å²) in [4.78, 5) is 10.7. The number of alkyl halides is 3. The molecule has 1 aromatic carbocycles. The summed E-state index contributed by atoms with van der Waals surface area (Å²) >= 11 is 12.8. The zero-order chi connectivity index (χ0) is 25.2. The van der Waals surface area contributed by atoms with Crippen LogP contribution in [0.5, 0.6) is 0 Å². The molecule has 5 atom stereocenters. The highest BCUT2D eigenvalue weighted by molar-refractivity contribution is 6.32. The third-order valence-corrected chi connectivity index (χ3v) is 7.93. The number of anilines is 2. The van der Waals surface area contributed by atoms with Gasteiger partial charge < -0.3 is 15.2 Å². The number of aliphatic hydroxyl groups is 1. The van der Waals surface area contributed by atoms with Gasteiger partial charge in [-0.05, 0) is 30.7 Å². The lowest BCUT2D eigenvalue weighted by Crippen LogP contribution is -2.50. The summed E-state index contributed by atoms with van der Waals surface area (Å²) in [5.41, 5.74) is 1.52. The Balaban J connectivity index is 1.22. The Labute approximate surface area is 214 Å². The summed E-state index contributed by atoms with van der Waals surface area (Å²) in [5, 5.41) is 18.1. The molecule has 1 aliphatic carbocycles. The van der Waals surface area contributed by atoms with Crippen LogP contribution in [-0.2, 0) is 4.74 Å². The molecule has 3 aromatic rings. The Morgan fingerprint density at radius 2 is 2.00 bits per heavy atom. The third kappa shape index (κ3) is 4.30. The lowest BCUT2D eigenvalue weighted by Gasteiger charge is -2.39. The molecule has 2 aliphatic heterocycles. The van der Waals surface area contributed by atoms with Crippen molar-refractivity contribution >= 4 is 45.7 Å². The first-order valence-electron chi connectivity index (χ1n) is 11.7. The molecule has 2 N–H and O–H groups in total. The van der Waals surface area contributed by atoms with Crippen LogP contribution in [0.3, 0.4) is 0 Å². The topological polar surface area (TPSA) is 88.3 Å². The Bertz CT molecular complexity index is 1310. The van der Waals surface area contributed by atoms with Crippen molar-refractivity contribution in [2.45, 2.75) is 49.0 Å². The minimum atomic E-state index is -2.81. The summed E-state index contributed by atoms with van der Waals surface area (Å²) in [5.74, 6) is -3.03. The molecule has 2 saturated heterocycles. The molecular weight excluding hydrogens is 520 g/mol. The molecule has 2 aromatic heterocycles. The Kier molecular flexibility index (Phi) is 6.03. The van der Waals surface area contributed by atoms with E-state index < -0.39 is 30.2 Å². The number of nitrogens with one attached hydrogen (secondary N) is 1. The summed E-state index contributed by atoms with van der Waals surface area (Å²) < 4.78 is 48.6. The summed E-state index contributed by atoms with van der Waals surface area (Å²) in [6, 6.07) is 2.23. The third-order valence-electron chi connectivity index (χ3n) is 7.23. The van der Waals surface area contributed by atoms with Crippen LogP contribution in [0.4, 0.5) is 24.8 Å². The van der Waals surface area contributed by atoms with Crippen LogP contribution in [0, 0.1) is 0 Å². The van der Waals surface area contributed by atoms with Gasteiger partial charge in [0.1, 0.15) is 12.2 Å². The average Bonchev–Trinajstić information content (AvgIpc) is 3.12. The molecule has 6 rings (SSSR count). The number of hydrogen-bond acceptors (Lipinski definition) is 7. The van der Waals surface area contributed by atoms with E-state index in [4.69, 9.17) is 27.9 Å². The molecule has 0 spiro atoms. The maximum Gasteiger partial charge on any atom is 0.272 e. The van der Waals surface area contributed by atoms with E-state index in [0.717, 1.165) is 4.68 Å². The molecule has 3 fully saturated rings. The van der Waals surface area contributed by atoms with Crippen LogP contribution in [0.15, 0.2) is 24.5 Å². The zero-order valence-electron chi connectivity index (χ0n) is 18.9. The fourth-order valence-corrected chi connectivity index (χ4v) is 5.67. The fraction of sp³-hybridized carbons (Fsp3) is 0.522. The molecule has 0 bridgehead atoms. The van der Waals surface area contributed by atoms with Crippen LogP contribution < -0.4 is 5.32 Å². The molecule has 0 radical (unpaired) electrons. The molecule has 4 heterocycles. The van der Waals surface area contributed by atoms with Crippen molar-refractivity contribution in [1.29, 1.82) is 0 Å². The van der Waals surface area contributed by atoms with Crippen molar-refractivity contribution in [3.05, 3.63) is 40.3 Å². The van der Waals surface area contributed by atoms with Gasteiger partial charge in [0.2, 0.25) is 5.95 Å². The minimum Gasteiger partial charge on any atom is -0.389 e. The van der Waals surface area contributed by atoms with Crippen molar-refractivity contribution in [2.75, 3.05) is 31.6 Å². The first kappa shape index (κ1) is 24.2. The summed E-state index contributed by atoms with van der Waals surface area (Å²) in [7, 11) is 0. The van der Waals surface area contributed by atoms with Crippen LogP contribution in [0.2, 0.25) is 10.2 Å². The lowest BCUT2D eigenvalue weighted by atomic mass is 9.86. The Morgan fingerprint density at radius 1 is 1.19 bits per heavy atom. The second-order valence-electron chi connectivity index (χ2n) is 9.60. The van der Waals surface area contributed by atoms with Crippen LogP contribution in [0.25, 0.3) is 10.9 Å². The molecule has 36 heavy (non-hydrogen) atoms. The van der Waals surface area contributed by atoms with Gasteiger partial charge in [0.05, 0.1) is 42.8 Å². The zero-order valence-corrected chi connectivity index (χ0v) is 20.4. The maximum absolute atomic E-state index is 15.3. The van der Waals surface area contributed by atoms with Crippen molar-refractivity contribution in [3.63, 3.8) is 0 Å². The van der Waals surface area contributed by atoms with E-state index in [1.54, 1.807) is 18.3 Å². The van der Waals surface area contributed by atoms with E-state index in [9.17, 15) is 13.9 Å². The predicted octanol–water partition coefficient (Wildman–Crippen LogP) is 4.34. The first-order chi connectivity index (χ1) is 17.2. The number of halogens is 5. The molecule has 3 aliphatic rings. The number of piperidine rings is 1. The number of fused-ring (bicyclic) bond motifs is 1. The van der Waals surface area contributed by atoms with E-state index in [-0.39, 0.29) is 36.7 Å². The van der Waals surface area contributed by atoms with Gasteiger partial charge in [-0.2, -0.15) is 5.10 Å². The monoisotopic (exact) mass is 542 g/mol. The number of rotatable bonds is 5. The summed E-state index contributed by atoms with van der Waals surface area (Å²) in [6.07, 6.45) is 1.38. The lowest BCUT2D eigenvalue weighted by molar-refractivity contribution is 0.0353. The van der Waals surface area contributed by atoms with E-state index in [1.807, 2.05) is 4.90 Å². The SMILES string of the molecule is O[C@@H]1COC[C@@H]1N1CCC(c2cc3nc(Nc4cnn(C5CC5(F)F)c4Cl)ncc3cc2Cl)[C@@H](F)C1. The van der Waals surface area contributed by atoms with E-state index in [0.29, 0.717) is 46.7 Å². The highest BCUT2D eigenvalue weighted by atomic mass is 35.5. The van der Waals surface area contributed by atoms with Crippen LogP contribution in [-0.4, -0.2) is 80.3 Å². The first-order valence-corrected chi connectivity index (χ1v) is 12.4. The number of benzene rings is 1. The second kappa shape index (κ2) is 8.98. The molecule has 1 saturated carbocycles. The number of ether oxygens (including phenoxy) is 1. The van der Waals surface area contributed by atoms with Gasteiger partial charge in [-0.15, -0.1) is 0 Å². The maximum atomic E-state index is 15.3. The number of nitrogens with zero attached hydrogens (tertiary/aromatic N) is 5. The molecule has 13 heteroatoms. The number of aromatic nitrogens is 4. The van der Waals surface area contributed by atoms with Crippen molar-refractivity contribution in [2.24, 2.45) is 0 Å². The smallest absolute Gasteiger partial charge is 0.272 e. The Hall–Kier alpha value is -2.18. The highest BCUT2D eigenvalue weighted by Crippen LogP contribution is 2.53. The van der Waals surface area contributed by atoms with E-state index in [2.05, 4.69) is 20.4 Å². The average molecular weight is 543 g/mol. The van der Waals surface area contributed by atoms with Gasteiger partial charge >= 0.3 is 0 Å². The second-order valence-corrected chi connectivity index (χ2v) is 10.4. The standard InChI is InChI=1S/C23H23Cl2F3N6O2/c24-14-3-11-6-29-22(32-17-7-30-34(21(17)25)20-5-23(20,27)28)31-16(11)4-13(14)12-1-2-33(8-15(12)26)18-9-36-10-19(18)35/h3-4,6-7,12,15,18-20,35H,1-2,5,8-10H2,(H,29,31,32)/t12?,15-,18-,19+,20?/m0/s1. The molecule has 192 valence electrons. The number of likely N-dealkylation sites (tertiary alicyclic amines) is 1. The van der Waals surface area contributed by atoms with Gasteiger partial charge in [-0.25, -0.2) is 27.8 Å². The van der Waals surface area contributed by atoms with Crippen molar-refractivity contribution in [1.82, 2.24) is 24.6 Å². The number of hydrogen-bond donors (Lipinski definition) is 2. The normalized spacial score (nSPS) is 30.1. The van der Waals surface area contributed by atoms with Gasteiger partial charge in [-0.3, -0.25) is 4.90 Å². The van der Waals surface area contributed by atoms with Crippen LogP contribution in [0.1, 0.15) is 30.4 Å². The van der Waals surface area contributed by atoms with Gasteiger partial charge in [0, 0.05) is 35.5 Å². The van der Waals surface area contributed by atoms with Gasteiger partial charge in [0.25, 0.3) is 5.92 Å². The van der Waals surface area contributed by atoms with Crippen molar-refractivity contribution < 1.29 is 23.0 Å².